The summed E-state index contributed by atoms with van der Waals surface area (Å²) in [4.78, 5) is 4.07. The highest BCUT2D eigenvalue weighted by Gasteiger charge is 2.23. The van der Waals surface area contributed by atoms with E-state index in [1.165, 1.54) is 0 Å². The van der Waals surface area contributed by atoms with Crippen molar-refractivity contribution in [3.05, 3.63) is 120 Å². The van der Waals surface area contributed by atoms with Gasteiger partial charge in [-0.3, -0.25) is 0 Å². The zero-order valence-electron chi connectivity index (χ0n) is 21.6. The molecular weight excluding hydrogens is 516 g/mol. The van der Waals surface area contributed by atoms with E-state index in [1.807, 2.05) is 74.5 Å². The molecule has 0 aliphatic heterocycles. The molecule has 0 aliphatic carbocycles. The van der Waals surface area contributed by atoms with Crippen LogP contribution in [0.25, 0.3) is 0 Å². The van der Waals surface area contributed by atoms with Crippen LogP contribution in [-0.2, 0) is 19.7 Å². The number of anilines is 2. The molecule has 198 valence electrons. The van der Waals surface area contributed by atoms with Gasteiger partial charge in [-0.05, 0) is 62.4 Å². The van der Waals surface area contributed by atoms with Gasteiger partial charge in [0, 0.05) is 24.5 Å². The van der Waals surface area contributed by atoms with Crippen LogP contribution in [0.2, 0.25) is 0 Å². The number of rotatable bonds is 11. The van der Waals surface area contributed by atoms with Crippen LogP contribution < -0.4 is 9.80 Å². The number of hydrogen-bond acceptors (Lipinski definition) is 6. The summed E-state index contributed by atoms with van der Waals surface area (Å²) in [5.74, 6) is -0.458. The molecule has 8 heteroatoms. The summed E-state index contributed by atoms with van der Waals surface area (Å²) < 4.78 is 53.3. The minimum absolute atomic E-state index is 0.229. The predicted molar refractivity (Wildman–Crippen MR) is 154 cm³/mol. The van der Waals surface area contributed by atoms with Gasteiger partial charge in [-0.15, -0.1) is 0 Å². The fraction of sp³-hybridized carbons (Fsp3) is 0.200. The molecule has 4 aromatic carbocycles. The molecule has 0 saturated heterocycles. The Labute approximate surface area is 226 Å². The number of benzene rings is 4. The van der Waals surface area contributed by atoms with Crippen LogP contribution in [0.1, 0.15) is 11.1 Å². The van der Waals surface area contributed by atoms with Crippen LogP contribution in [0.5, 0.6) is 0 Å². The summed E-state index contributed by atoms with van der Waals surface area (Å²) in [6.45, 7) is 4.42. The van der Waals surface area contributed by atoms with Crippen molar-refractivity contribution >= 4 is 31.0 Å². The van der Waals surface area contributed by atoms with E-state index in [0.717, 1.165) is 22.5 Å². The summed E-state index contributed by atoms with van der Waals surface area (Å²) in [7, 11) is -7.26. The van der Waals surface area contributed by atoms with Crippen molar-refractivity contribution in [1.82, 2.24) is 0 Å². The summed E-state index contributed by atoms with van der Waals surface area (Å²) >= 11 is 0. The van der Waals surface area contributed by atoms with Gasteiger partial charge in [0.1, 0.15) is 11.8 Å². The number of sulfone groups is 2. The van der Waals surface area contributed by atoms with Crippen molar-refractivity contribution in [3.8, 4) is 0 Å². The molecule has 38 heavy (non-hydrogen) atoms. The van der Waals surface area contributed by atoms with Crippen molar-refractivity contribution in [2.24, 2.45) is 0 Å². The van der Waals surface area contributed by atoms with Crippen LogP contribution >= 0.6 is 0 Å². The minimum atomic E-state index is -3.63. The second kappa shape index (κ2) is 11.8. The zero-order valence-corrected chi connectivity index (χ0v) is 23.2. The fourth-order valence-electron chi connectivity index (χ4n) is 4.11. The molecule has 0 heterocycles. The molecule has 4 aromatic rings. The monoisotopic (exact) mass is 548 g/mol. The fourth-order valence-corrected chi connectivity index (χ4v) is 6.88. The Bertz CT molecular complexity index is 1420. The number of para-hydroxylation sites is 2. The lowest BCUT2D eigenvalue weighted by Gasteiger charge is -2.30. The van der Waals surface area contributed by atoms with Gasteiger partial charge in [0.25, 0.3) is 0 Å². The number of hydrogen-bond donors (Lipinski definition) is 0. The van der Waals surface area contributed by atoms with Gasteiger partial charge in [0.05, 0.1) is 9.79 Å². The molecule has 0 radical (unpaired) electrons. The molecule has 0 unspecified atom stereocenters. The highest BCUT2D eigenvalue weighted by molar-refractivity contribution is 7.91. The Morgan fingerprint density at radius 2 is 0.789 bits per heavy atom. The van der Waals surface area contributed by atoms with Crippen LogP contribution in [-0.4, -0.2) is 41.7 Å². The Morgan fingerprint density at radius 1 is 0.474 bits per heavy atom. The van der Waals surface area contributed by atoms with E-state index in [9.17, 15) is 16.8 Å². The van der Waals surface area contributed by atoms with Crippen LogP contribution in [0.15, 0.2) is 119 Å². The Balaban J connectivity index is 1.61. The van der Waals surface area contributed by atoms with E-state index in [2.05, 4.69) is 0 Å². The van der Waals surface area contributed by atoms with Crippen LogP contribution in [0.4, 0.5) is 11.4 Å². The maximum Gasteiger partial charge on any atom is 0.196 e. The van der Waals surface area contributed by atoms with Gasteiger partial charge in [0.15, 0.2) is 19.7 Å². The van der Waals surface area contributed by atoms with Crippen LogP contribution in [0.3, 0.4) is 0 Å². The minimum Gasteiger partial charge on any atom is -0.355 e. The average Bonchev–Trinajstić information content (AvgIpc) is 2.91. The van der Waals surface area contributed by atoms with Crippen LogP contribution in [0, 0.1) is 13.8 Å². The summed E-state index contributed by atoms with van der Waals surface area (Å²) in [6, 6.07) is 32.3. The third-order valence-corrected chi connectivity index (χ3v) is 9.58. The van der Waals surface area contributed by atoms with E-state index in [4.69, 9.17) is 0 Å². The lowest BCUT2D eigenvalue weighted by molar-refractivity contribution is 0.588. The van der Waals surface area contributed by atoms with Crippen molar-refractivity contribution < 1.29 is 16.8 Å². The first-order chi connectivity index (χ1) is 18.1. The first-order valence-electron chi connectivity index (χ1n) is 12.3. The quantitative estimate of drug-likeness (QED) is 0.247. The molecule has 0 aliphatic rings. The largest absolute Gasteiger partial charge is 0.355 e. The first kappa shape index (κ1) is 27.4. The smallest absolute Gasteiger partial charge is 0.196 e. The maximum absolute atomic E-state index is 13.3. The molecule has 6 nitrogen and oxygen atoms in total. The standard InChI is InChI=1S/C30H32N2O4S2/c1-25-13-17-29(18-14-25)37(33,34)23-31(27-9-5-3-6-10-27)21-22-32(28-11-7-4-8-12-28)24-38(35,36)30-19-15-26(2)16-20-30/h3-20H,21-24H2,1-2H3. The average molecular weight is 549 g/mol. The van der Waals surface area contributed by atoms with E-state index >= 15 is 0 Å². The highest BCUT2D eigenvalue weighted by Crippen LogP contribution is 2.22. The van der Waals surface area contributed by atoms with Crippen molar-refractivity contribution in [2.45, 2.75) is 23.6 Å². The van der Waals surface area contributed by atoms with Gasteiger partial charge in [-0.1, -0.05) is 71.8 Å². The van der Waals surface area contributed by atoms with E-state index in [-0.39, 0.29) is 21.5 Å². The second-order valence-corrected chi connectivity index (χ2v) is 13.2. The third kappa shape index (κ3) is 7.02. The molecular formula is C30H32N2O4S2. The van der Waals surface area contributed by atoms with Gasteiger partial charge < -0.3 is 9.80 Å². The molecule has 0 atom stereocenters. The normalized spacial score (nSPS) is 11.7. The summed E-state index contributed by atoms with van der Waals surface area (Å²) in [5, 5.41) is 0. The Morgan fingerprint density at radius 3 is 1.11 bits per heavy atom. The lowest BCUT2D eigenvalue weighted by atomic mass is 10.2. The zero-order chi connectivity index (χ0) is 27.2. The van der Waals surface area contributed by atoms with E-state index in [0.29, 0.717) is 13.1 Å². The Hall–Kier alpha value is -3.62. The number of nitrogens with zero attached hydrogens (tertiary/aromatic N) is 2. The SMILES string of the molecule is Cc1ccc(S(=O)(=O)CN(CCN(CS(=O)(=O)c2ccc(C)cc2)c2ccccc2)c2ccccc2)cc1. The second-order valence-electron chi connectivity index (χ2n) is 9.31. The van der Waals surface area contributed by atoms with Gasteiger partial charge >= 0.3 is 0 Å². The van der Waals surface area contributed by atoms with Gasteiger partial charge in [0.2, 0.25) is 0 Å². The maximum atomic E-state index is 13.3. The topological polar surface area (TPSA) is 74.8 Å². The van der Waals surface area contributed by atoms with E-state index < -0.39 is 19.7 Å². The van der Waals surface area contributed by atoms with Crippen molar-refractivity contribution in [1.29, 1.82) is 0 Å². The van der Waals surface area contributed by atoms with Gasteiger partial charge in [-0.25, -0.2) is 16.8 Å². The molecule has 0 aromatic heterocycles. The summed E-state index contributed by atoms with van der Waals surface area (Å²) in [5.41, 5.74) is 3.46. The predicted octanol–water partition coefficient (Wildman–Crippen LogP) is 5.48. The number of aryl methyl sites for hydroxylation is 2. The molecule has 0 fully saturated rings. The molecule has 0 N–H and O–H groups in total. The van der Waals surface area contributed by atoms with Crippen molar-refractivity contribution in [2.75, 3.05) is 34.6 Å². The molecule has 0 bridgehead atoms. The first-order valence-corrected chi connectivity index (χ1v) is 15.6. The molecule has 0 amide bonds. The third-order valence-electron chi connectivity index (χ3n) is 6.29. The Kier molecular flexibility index (Phi) is 8.54. The molecule has 0 saturated carbocycles. The highest BCUT2D eigenvalue weighted by atomic mass is 32.2. The molecule has 0 spiro atoms. The molecule has 4 rings (SSSR count). The van der Waals surface area contributed by atoms with Crippen molar-refractivity contribution in [3.63, 3.8) is 0 Å². The summed E-state index contributed by atoms with van der Waals surface area (Å²) in [6.07, 6.45) is 0. The van der Waals surface area contributed by atoms with Gasteiger partial charge in [-0.2, -0.15) is 0 Å². The van der Waals surface area contributed by atoms with E-state index in [1.54, 1.807) is 58.3 Å². The lowest BCUT2D eigenvalue weighted by Crippen LogP contribution is -2.40.